The first-order valence-electron chi connectivity index (χ1n) is 25.1. The Balaban J connectivity index is 1.29. The van der Waals surface area contributed by atoms with Gasteiger partial charge in [0.05, 0.1) is 88.9 Å². The molecule has 0 aliphatic carbocycles. The van der Waals surface area contributed by atoms with E-state index < -0.39 is 47.6 Å². The Morgan fingerprint density at radius 2 is 1.53 bits per heavy atom. The van der Waals surface area contributed by atoms with Gasteiger partial charge in [0.1, 0.15) is 16.6 Å². The molecule has 20 heteroatoms. The minimum Gasteiger partial charge on any atom is -0.379 e. The quantitative estimate of drug-likeness (QED) is 0.0701. The Labute approximate surface area is 429 Å². The van der Waals surface area contributed by atoms with Crippen molar-refractivity contribution >= 4 is 52.7 Å². The van der Waals surface area contributed by atoms with Gasteiger partial charge in [0.2, 0.25) is 29.5 Å². The highest BCUT2D eigenvalue weighted by Crippen LogP contribution is 2.31. The van der Waals surface area contributed by atoms with E-state index in [1.165, 1.54) is 30.6 Å². The average Bonchev–Trinajstić information content (AvgIpc) is 4.14. The number of aromatic nitrogens is 1. The van der Waals surface area contributed by atoms with E-state index in [0.717, 1.165) is 21.9 Å². The second-order valence-electron chi connectivity index (χ2n) is 19.3. The van der Waals surface area contributed by atoms with E-state index in [0.29, 0.717) is 25.8 Å². The Morgan fingerprint density at radius 3 is 2.11 bits per heavy atom. The number of hydrogen-bond donors (Lipinski definition) is 3. The monoisotopic (exact) mass is 1030 g/mol. The van der Waals surface area contributed by atoms with E-state index in [9.17, 15) is 33.6 Å². The van der Waals surface area contributed by atoms with Gasteiger partial charge in [0.25, 0.3) is 11.8 Å². The van der Waals surface area contributed by atoms with Gasteiger partial charge in [-0.05, 0) is 50.5 Å². The molecule has 1 aromatic heterocycles. The summed E-state index contributed by atoms with van der Waals surface area (Å²) in [5, 5.41) is 11.6. The number of benzene rings is 1. The van der Waals surface area contributed by atoms with Crippen LogP contribution in [0.2, 0.25) is 0 Å². The van der Waals surface area contributed by atoms with E-state index in [1.54, 1.807) is 44.0 Å². The molecule has 7 amide bonds. The Kier molecular flexibility index (Phi) is 24.4. The van der Waals surface area contributed by atoms with Crippen LogP contribution in [-0.4, -0.2) is 171 Å². The van der Waals surface area contributed by atoms with Crippen LogP contribution in [0, 0.1) is 17.8 Å². The SMILES string of the molecule is CCC(C)C(C(CC(=O)N1CCC[C@H]1C(OC)C(C)C(=O)NC(Cc1ccccc1)c1nccs1)OC)N(C)C(=O)C(NC(=O)C(C)(C)NC(=O)CCOCCOCCOCCN1C(=O)C=CC1=O)C(C)C. The lowest BCUT2D eigenvalue weighted by Gasteiger charge is -2.41. The molecule has 400 valence electrons. The third-order valence-corrected chi connectivity index (χ3v) is 14.3. The van der Waals surface area contributed by atoms with E-state index >= 15 is 0 Å². The zero-order chi connectivity index (χ0) is 53.0. The van der Waals surface area contributed by atoms with Crippen LogP contribution < -0.4 is 16.0 Å². The largest absolute Gasteiger partial charge is 0.379 e. The minimum absolute atomic E-state index is 0.0201. The fourth-order valence-corrected chi connectivity index (χ4v) is 9.79. The van der Waals surface area contributed by atoms with Crippen molar-refractivity contribution in [2.75, 3.05) is 74.0 Å². The lowest BCUT2D eigenvalue weighted by Crippen LogP contribution is -2.62. The van der Waals surface area contributed by atoms with E-state index in [4.69, 9.17) is 23.7 Å². The smallest absolute Gasteiger partial charge is 0.253 e. The van der Waals surface area contributed by atoms with Gasteiger partial charge in [-0.1, -0.05) is 71.4 Å². The molecule has 72 heavy (non-hydrogen) atoms. The first-order chi connectivity index (χ1) is 34.3. The molecule has 19 nitrogen and oxygen atoms in total. The normalized spacial score (nSPS) is 17.8. The number of nitrogens with one attached hydrogen (secondary N) is 3. The summed E-state index contributed by atoms with van der Waals surface area (Å²) in [6.07, 6.45) is 5.44. The molecule has 0 saturated carbocycles. The highest BCUT2D eigenvalue weighted by Gasteiger charge is 2.44. The number of likely N-dealkylation sites (tertiary alicyclic amines) is 1. The molecule has 0 radical (unpaired) electrons. The number of carbonyl (C=O) groups is 7. The summed E-state index contributed by atoms with van der Waals surface area (Å²) in [6.45, 7) is 14.6. The summed E-state index contributed by atoms with van der Waals surface area (Å²) in [4.78, 5) is 102. The maximum atomic E-state index is 14.5. The molecular formula is C52H79N7O12S. The van der Waals surface area contributed by atoms with Crippen molar-refractivity contribution < 1.29 is 57.2 Å². The Morgan fingerprint density at radius 1 is 0.889 bits per heavy atom. The first-order valence-corrected chi connectivity index (χ1v) is 26.0. The molecule has 2 aromatic rings. The van der Waals surface area contributed by atoms with E-state index in [-0.39, 0.29) is 112 Å². The topological polar surface area (TPSA) is 224 Å². The maximum absolute atomic E-state index is 14.5. The van der Waals surface area contributed by atoms with Gasteiger partial charge in [-0.3, -0.25) is 38.5 Å². The standard InChI is InChI=1S/C52H79N7O12S/c1-11-35(4)46(40(67-9)33-44(63)58-23-15-18-39(58)47(68-10)36(5)48(64)54-38(49-53-22-31-72-49)32-37-16-13-12-14-17-37)57(8)50(65)45(34(2)3)55-51(66)52(6,7)56-41(60)21-25-69-27-29-71-30-28-70-26-24-59-42(61)19-20-43(59)62/h12-14,16-17,19-20,22,31,34-36,38-40,45-47H,11,15,18,21,23-30,32-33H2,1-10H3,(H,54,64)(H,55,66)(H,56,60)/t35?,36?,38?,39-,40?,45?,46?,47?/m0/s1. The molecule has 3 heterocycles. The molecule has 0 bridgehead atoms. The molecule has 1 fully saturated rings. The molecule has 7 unspecified atom stereocenters. The van der Waals surface area contributed by atoms with Gasteiger partial charge >= 0.3 is 0 Å². The number of hydrogen-bond acceptors (Lipinski definition) is 14. The van der Waals surface area contributed by atoms with Crippen LogP contribution in [-0.2, 0) is 63.7 Å². The highest BCUT2D eigenvalue weighted by molar-refractivity contribution is 7.09. The average molecular weight is 1030 g/mol. The summed E-state index contributed by atoms with van der Waals surface area (Å²) < 4.78 is 28.5. The van der Waals surface area contributed by atoms with Gasteiger partial charge in [-0.2, -0.15) is 0 Å². The molecular weight excluding hydrogens is 947 g/mol. The van der Waals surface area contributed by atoms with Crippen molar-refractivity contribution in [1.29, 1.82) is 0 Å². The van der Waals surface area contributed by atoms with Crippen LogP contribution in [0.5, 0.6) is 0 Å². The lowest BCUT2D eigenvalue weighted by atomic mass is 9.89. The summed E-state index contributed by atoms with van der Waals surface area (Å²) in [5.74, 6) is -3.48. The zero-order valence-corrected chi connectivity index (χ0v) is 44.7. The summed E-state index contributed by atoms with van der Waals surface area (Å²) in [6, 6.07) is 7.69. The second-order valence-corrected chi connectivity index (χ2v) is 20.3. The number of methoxy groups -OCH3 is 2. The molecule has 0 spiro atoms. The third kappa shape index (κ3) is 17.3. The van der Waals surface area contributed by atoms with Crippen molar-refractivity contribution in [3.63, 3.8) is 0 Å². The number of ether oxygens (including phenoxy) is 5. The maximum Gasteiger partial charge on any atom is 0.253 e. The van der Waals surface area contributed by atoms with Crippen LogP contribution in [0.25, 0.3) is 0 Å². The fourth-order valence-electron chi connectivity index (χ4n) is 9.10. The number of amides is 7. The third-order valence-electron chi connectivity index (χ3n) is 13.4. The zero-order valence-electron chi connectivity index (χ0n) is 43.9. The van der Waals surface area contributed by atoms with Crippen molar-refractivity contribution in [3.8, 4) is 0 Å². The van der Waals surface area contributed by atoms with Crippen LogP contribution in [0.15, 0.2) is 54.1 Å². The number of rotatable bonds is 32. The van der Waals surface area contributed by atoms with Gasteiger partial charge in [-0.15, -0.1) is 11.3 Å². The minimum atomic E-state index is -1.38. The van der Waals surface area contributed by atoms with Crippen molar-refractivity contribution in [3.05, 3.63) is 64.6 Å². The highest BCUT2D eigenvalue weighted by atomic mass is 32.1. The molecule has 8 atom stereocenters. The molecule has 4 rings (SSSR count). The van der Waals surface area contributed by atoms with E-state index in [1.807, 2.05) is 70.3 Å². The molecule has 2 aliphatic heterocycles. The van der Waals surface area contributed by atoms with Crippen LogP contribution in [0.3, 0.4) is 0 Å². The number of thiazole rings is 1. The number of carbonyl (C=O) groups excluding carboxylic acids is 7. The molecule has 2 aliphatic rings. The number of nitrogens with zero attached hydrogens (tertiary/aromatic N) is 4. The van der Waals surface area contributed by atoms with Crippen LogP contribution >= 0.6 is 11.3 Å². The van der Waals surface area contributed by atoms with Crippen LogP contribution in [0.4, 0.5) is 0 Å². The number of imide groups is 1. The van der Waals surface area contributed by atoms with E-state index in [2.05, 4.69) is 20.9 Å². The predicted octanol–water partition coefficient (Wildman–Crippen LogP) is 3.86. The Bertz CT molecular complexity index is 2070. The van der Waals surface area contributed by atoms with Gasteiger partial charge in [-0.25, -0.2) is 4.98 Å². The summed E-state index contributed by atoms with van der Waals surface area (Å²) >= 11 is 1.48. The molecule has 3 N–H and O–H groups in total. The Hall–Kier alpha value is -5.12. The molecule has 1 saturated heterocycles. The van der Waals surface area contributed by atoms with Gasteiger partial charge in [0.15, 0.2) is 0 Å². The van der Waals surface area contributed by atoms with Crippen molar-refractivity contribution in [1.82, 2.24) is 35.6 Å². The predicted molar refractivity (Wildman–Crippen MR) is 271 cm³/mol. The molecule has 1 aromatic carbocycles. The van der Waals surface area contributed by atoms with Gasteiger partial charge < -0.3 is 49.4 Å². The lowest BCUT2D eigenvalue weighted by molar-refractivity contribution is -0.148. The summed E-state index contributed by atoms with van der Waals surface area (Å²) in [5.41, 5.74) is -0.317. The fraction of sp³-hybridized carbons (Fsp3) is 0.654. The van der Waals surface area contributed by atoms with Crippen molar-refractivity contribution in [2.45, 2.75) is 129 Å². The van der Waals surface area contributed by atoms with Crippen molar-refractivity contribution in [2.24, 2.45) is 17.8 Å². The summed E-state index contributed by atoms with van der Waals surface area (Å²) in [7, 11) is 4.77. The van der Waals surface area contributed by atoms with Crippen LogP contribution in [0.1, 0.15) is 97.2 Å². The first kappa shape index (κ1) is 59.4. The van der Waals surface area contributed by atoms with Gasteiger partial charge in [0, 0.05) is 58.0 Å². The number of likely N-dealkylation sites (N-methyl/N-ethyl adjacent to an activating group) is 1. The second kappa shape index (κ2) is 29.5.